The number of hydrogen-bond acceptors (Lipinski definition) is 4. The Kier molecular flexibility index (Phi) is 3.96. The van der Waals surface area contributed by atoms with Crippen molar-refractivity contribution in [3.8, 4) is 0 Å². The minimum Gasteiger partial charge on any atom is -0.462 e. The smallest absolute Gasteiger partial charge is 0.338 e. The Hall–Kier alpha value is -1.11. The van der Waals surface area contributed by atoms with Gasteiger partial charge in [-0.2, -0.15) is 0 Å². The highest BCUT2D eigenvalue weighted by Gasteiger charge is 2.51. The Bertz CT molecular complexity index is 516. The zero-order chi connectivity index (χ0) is 14.1. The number of benzene rings is 1. The molecule has 20 heavy (non-hydrogen) atoms. The molecular formula is C15H15IO4. The Morgan fingerprint density at radius 2 is 2.10 bits per heavy atom. The van der Waals surface area contributed by atoms with E-state index in [-0.39, 0.29) is 36.0 Å². The Morgan fingerprint density at radius 1 is 1.35 bits per heavy atom. The molecule has 4 nitrogen and oxygen atoms in total. The molecule has 0 unspecified atom stereocenters. The maximum Gasteiger partial charge on any atom is 0.338 e. The highest BCUT2D eigenvalue weighted by Crippen LogP contribution is 2.43. The lowest BCUT2D eigenvalue weighted by Crippen LogP contribution is -2.27. The summed E-state index contributed by atoms with van der Waals surface area (Å²) < 4.78 is 11.8. The summed E-state index contributed by atoms with van der Waals surface area (Å²) in [5.74, 6) is -0.00729. The van der Waals surface area contributed by atoms with Gasteiger partial charge in [0.1, 0.15) is 12.2 Å². The van der Waals surface area contributed by atoms with Gasteiger partial charge in [0.05, 0.1) is 12.0 Å². The second kappa shape index (κ2) is 5.71. The minimum atomic E-state index is -0.295. The number of rotatable bonds is 3. The van der Waals surface area contributed by atoms with Crippen molar-refractivity contribution in [3.05, 3.63) is 35.9 Å². The van der Waals surface area contributed by atoms with E-state index in [9.17, 15) is 9.59 Å². The summed E-state index contributed by atoms with van der Waals surface area (Å²) in [5, 5.41) is 0. The normalized spacial score (nSPS) is 31.8. The number of halogens is 1. The molecule has 1 saturated heterocycles. The summed E-state index contributed by atoms with van der Waals surface area (Å²) >= 11 is 2.29. The van der Waals surface area contributed by atoms with Crippen molar-refractivity contribution in [2.75, 3.05) is 4.43 Å². The van der Waals surface area contributed by atoms with E-state index < -0.39 is 0 Å². The number of hydrogen-bond donors (Lipinski definition) is 0. The lowest BCUT2D eigenvalue weighted by Gasteiger charge is -2.20. The predicted molar refractivity (Wildman–Crippen MR) is 80.6 cm³/mol. The summed E-state index contributed by atoms with van der Waals surface area (Å²) in [4.78, 5) is 23.4. The van der Waals surface area contributed by atoms with Crippen molar-refractivity contribution < 1.29 is 19.1 Å². The van der Waals surface area contributed by atoms with Crippen LogP contribution in [0.25, 0.3) is 0 Å². The SMILES string of the molecule is O=C1C[C@@H]2[C@@H](CI)[C@H](OC(=O)c3ccccc3)C[C@@H]2O1. The fourth-order valence-electron chi connectivity index (χ4n) is 3.09. The van der Waals surface area contributed by atoms with Gasteiger partial charge in [0, 0.05) is 22.7 Å². The maximum absolute atomic E-state index is 12.1. The average Bonchev–Trinajstić information content (AvgIpc) is 2.95. The maximum atomic E-state index is 12.1. The van der Waals surface area contributed by atoms with Crippen molar-refractivity contribution >= 4 is 34.5 Å². The van der Waals surface area contributed by atoms with Crippen LogP contribution in [0.1, 0.15) is 23.2 Å². The third-order valence-corrected chi connectivity index (χ3v) is 5.12. The highest BCUT2D eigenvalue weighted by molar-refractivity contribution is 14.1. The van der Waals surface area contributed by atoms with Gasteiger partial charge in [-0.05, 0) is 12.1 Å². The standard InChI is InChI=1S/C15H15IO4/c16-8-11-10-6-14(17)19-12(10)7-13(11)20-15(18)9-4-2-1-3-5-9/h1-5,10-13H,6-8H2/t10-,11-,12+,13-/m1/s1. The first-order chi connectivity index (χ1) is 9.69. The minimum absolute atomic E-state index is 0.0733. The fourth-order valence-corrected chi connectivity index (χ4v) is 4.31. The second-order valence-electron chi connectivity index (χ2n) is 5.26. The molecular weight excluding hydrogens is 371 g/mol. The number of esters is 2. The van der Waals surface area contributed by atoms with E-state index in [1.807, 2.05) is 18.2 Å². The molecule has 0 bridgehead atoms. The van der Waals surface area contributed by atoms with Crippen LogP contribution in [-0.4, -0.2) is 28.6 Å². The third-order valence-electron chi connectivity index (χ3n) is 4.10. The van der Waals surface area contributed by atoms with Crippen molar-refractivity contribution in [1.82, 2.24) is 0 Å². The van der Waals surface area contributed by atoms with Crippen LogP contribution in [0.5, 0.6) is 0 Å². The molecule has 5 heteroatoms. The number of carbonyl (C=O) groups excluding carboxylic acids is 2. The number of alkyl halides is 1. The molecule has 0 N–H and O–H groups in total. The summed E-state index contributed by atoms with van der Waals surface area (Å²) in [6.07, 6.45) is 0.860. The molecule has 1 aromatic carbocycles. The zero-order valence-electron chi connectivity index (χ0n) is 10.8. The van der Waals surface area contributed by atoms with E-state index in [0.717, 1.165) is 4.43 Å². The van der Waals surface area contributed by atoms with Gasteiger partial charge in [0.2, 0.25) is 0 Å². The van der Waals surface area contributed by atoms with Crippen molar-refractivity contribution in [2.45, 2.75) is 25.0 Å². The van der Waals surface area contributed by atoms with Crippen molar-refractivity contribution in [1.29, 1.82) is 0 Å². The predicted octanol–water partition coefficient (Wildman–Crippen LogP) is 2.60. The number of ether oxygens (including phenoxy) is 2. The fraction of sp³-hybridized carbons (Fsp3) is 0.467. The molecule has 3 rings (SSSR count). The Morgan fingerprint density at radius 3 is 2.80 bits per heavy atom. The second-order valence-corrected chi connectivity index (χ2v) is 6.14. The Labute approximate surface area is 131 Å². The number of carbonyl (C=O) groups is 2. The van der Waals surface area contributed by atoms with Crippen LogP contribution in [0, 0.1) is 11.8 Å². The van der Waals surface area contributed by atoms with Crippen LogP contribution >= 0.6 is 22.6 Å². The van der Waals surface area contributed by atoms with Gasteiger partial charge in [0.25, 0.3) is 0 Å². The monoisotopic (exact) mass is 386 g/mol. The molecule has 0 amide bonds. The summed E-state index contributed by atoms with van der Waals surface area (Å²) in [7, 11) is 0. The van der Waals surface area contributed by atoms with Gasteiger partial charge in [-0.15, -0.1) is 0 Å². The van der Waals surface area contributed by atoms with E-state index in [1.165, 1.54) is 0 Å². The Balaban J connectivity index is 1.69. The molecule has 2 aliphatic rings. The summed E-state index contributed by atoms with van der Waals surface area (Å²) in [5.41, 5.74) is 0.564. The average molecular weight is 386 g/mol. The van der Waals surface area contributed by atoms with E-state index in [4.69, 9.17) is 9.47 Å². The molecule has 1 heterocycles. The lowest BCUT2D eigenvalue weighted by molar-refractivity contribution is -0.141. The van der Waals surface area contributed by atoms with Gasteiger partial charge < -0.3 is 9.47 Å². The van der Waals surface area contributed by atoms with Crippen LogP contribution in [0.2, 0.25) is 0 Å². The molecule has 0 spiro atoms. The highest BCUT2D eigenvalue weighted by atomic mass is 127. The van der Waals surface area contributed by atoms with Crippen LogP contribution in [-0.2, 0) is 14.3 Å². The van der Waals surface area contributed by atoms with Crippen molar-refractivity contribution in [3.63, 3.8) is 0 Å². The quantitative estimate of drug-likeness (QED) is 0.455. The molecule has 1 saturated carbocycles. The molecule has 1 aromatic rings. The summed E-state index contributed by atoms with van der Waals surface area (Å²) in [6, 6.07) is 8.99. The van der Waals surface area contributed by atoms with Crippen LogP contribution in [0.15, 0.2) is 30.3 Å². The first kappa shape index (κ1) is 13.9. The molecule has 0 aromatic heterocycles. The van der Waals surface area contributed by atoms with Gasteiger partial charge in [0.15, 0.2) is 0 Å². The van der Waals surface area contributed by atoms with E-state index in [2.05, 4.69) is 22.6 Å². The zero-order valence-corrected chi connectivity index (χ0v) is 13.0. The summed E-state index contributed by atoms with van der Waals surface area (Å²) in [6.45, 7) is 0. The molecule has 0 radical (unpaired) electrons. The van der Waals surface area contributed by atoms with Gasteiger partial charge in [-0.25, -0.2) is 4.79 Å². The molecule has 1 aliphatic heterocycles. The van der Waals surface area contributed by atoms with Crippen LogP contribution < -0.4 is 0 Å². The van der Waals surface area contributed by atoms with Gasteiger partial charge >= 0.3 is 11.9 Å². The molecule has 2 fully saturated rings. The number of fused-ring (bicyclic) bond motifs is 1. The van der Waals surface area contributed by atoms with E-state index >= 15 is 0 Å². The van der Waals surface area contributed by atoms with Crippen LogP contribution in [0.4, 0.5) is 0 Å². The topological polar surface area (TPSA) is 52.6 Å². The van der Waals surface area contributed by atoms with E-state index in [0.29, 0.717) is 18.4 Å². The van der Waals surface area contributed by atoms with Crippen LogP contribution in [0.3, 0.4) is 0 Å². The van der Waals surface area contributed by atoms with Gasteiger partial charge in [-0.3, -0.25) is 4.79 Å². The van der Waals surface area contributed by atoms with Gasteiger partial charge in [-0.1, -0.05) is 40.8 Å². The molecule has 4 atom stereocenters. The first-order valence-corrected chi connectivity index (χ1v) is 8.23. The molecule has 106 valence electrons. The third kappa shape index (κ3) is 2.55. The lowest BCUT2D eigenvalue weighted by atomic mass is 9.94. The molecule has 1 aliphatic carbocycles. The van der Waals surface area contributed by atoms with E-state index in [1.54, 1.807) is 12.1 Å². The largest absolute Gasteiger partial charge is 0.462 e. The van der Waals surface area contributed by atoms with Crippen molar-refractivity contribution in [2.24, 2.45) is 11.8 Å². The first-order valence-electron chi connectivity index (χ1n) is 6.70.